The zero-order chi connectivity index (χ0) is 15.0. The highest BCUT2D eigenvalue weighted by atomic mass is 19.1. The van der Waals surface area contributed by atoms with Gasteiger partial charge in [0.05, 0.1) is 0 Å². The quantitative estimate of drug-likeness (QED) is 0.923. The highest BCUT2D eigenvalue weighted by molar-refractivity contribution is 6.08. The van der Waals surface area contributed by atoms with Gasteiger partial charge in [-0.1, -0.05) is 24.3 Å². The summed E-state index contributed by atoms with van der Waals surface area (Å²) in [6, 6.07) is 8.62. The van der Waals surface area contributed by atoms with Crippen molar-refractivity contribution in [2.45, 2.75) is 18.9 Å². The molecule has 0 aliphatic carbocycles. The first-order chi connectivity index (χ1) is 10.1. The fraction of sp³-hybridized carbons (Fsp3) is 0.250. The molecule has 1 fully saturated rings. The van der Waals surface area contributed by atoms with Crippen LogP contribution in [0.25, 0.3) is 10.8 Å². The van der Waals surface area contributed by atoms with Crippen molar-refractivity contribution in [2.75, 3.05) is 6.54 Å². The summed E-state index contributed by atoms with van der Waals surface area (Å²) >= 11 is 0. The van der Waals surface area contributed by atoms with Crippen molar-refractivity contribution >= 4 is 22.6 Å². The number of hydrogen-bond donors (Lipinski definition) is 1. The topological polar surface area (TPSA) is 57.6 Å². The van der Waals surface area contributed by atoms with E-state index in [1.165, 1.54) is 17.0 Å². The summed E-state index contributed by atoms with van der Waals surface area (Å²) in [6.45, 7) is 0.418. The summed E-state index contributed by atoms with van der Waals surface area (Å²) in [5.41, 5.74) is 0.347. The lowest BCUT2D eigenvalue weighted by atomic mass is 10.0. The van der Waals surface area contributed by atoms with Crippen LogP contribution in [-0.4, -0.2) is 34.5 Å². The largest absolute Gasteiger partial charge is 0.480 e. The maximum atomic E-state index is 13.8. The van der Waals surface area contributed by atoms with Crippen LogP contribution in [0.5, 0.6) is 0 Å². The number of likely N-dealkylation sites (tertiary alicyclic amines) is 1. The Morgan fingerprint density at radius 1 is 1.14 bits per heavy atom. The molecule has 1 aliphatic heterocycles. The molecule has 0 radical (unpaired) electrons. The molecule has 0 spiro atoms. The Labute approximate surface area is 120 Å². The van der Waals surface area contributed by atoms with E-state index < -0.39 is 17.8 Å². The SMILES string of the molecule is O=C(O)[C@H]1CCCN1C(=O)c1ccc(F)c2ccccc12. The number of carboxylic acids is 1. The molecule has 0 saturated carbocycles. The third-order valence-electron chi connectivity index (χ3n) is 3.90. The van der Waals surface area contributed by atoms with Gasteiger partial charge in [-0.2, -0.15) is 0 Å². The summed E-state index contributed by atoms with van der Waals surface area (Å²) < 4.78 is 13.8. The molecule has 4 nitrogen and oxygen atoms in total. The number of hydrogen-bond acceptors (Lipinski definition) is 2. The first-order valence-corrected chi connectivity index (χ1v) is 6.80. The highest BCUT2D eigenvalue weighted by Gasteiger charge is 2.34. The molecule has 1 saturated heterocycles. The van der Waals surface area contributed by atoms with Crippen LogP contribution in [-0.2, 0) is 4.79 Å². The van der Waals surface area contributed by atoms with Gasteiger partial charge in [0.2, 0.25) is 0 Å². The zero-order valence-corrected chi connectivity index (χ0v) is 11.3. The summed E-state index contributed by atoms with van der Waals surface area (Å²) in [7, 11) is 0. The Kier molecular flexibility index (Phi) is 3.33. The number of fused-ring (bicyclic) bond motifs is 1. The second kappa shape index (κ2) is 5.16. The van der Waals surface area contributed by atoms with Gasteiger partial charge in [-0.25, -0.2) is 9.18 Å². The van der Waals surface area contributed by atoms with Crippen LogP contribution < -0.4 is 0 Å². The Hall–Kier alpha value is -2.43. The molecule has 0 aromatic heterocycles. The molecule has 0 unspecified atom stereocenters. The van der Waals surface area contributed by atoms with Crippen LogP contribution in [0.1, 0.15) is 23.2 Å². The lowest BCUT2D eigenvalue weighted by Crippen LogP contribution is -2.40. The lowest BCUT2D eigenvalue weighted by molar-refractivity contribution is -0.141. The monoisotopic (exact) mass is 287 g/mol. The number of carboxylic acid groups (broad SMARTS) is 1. The number of benzene rings is 2. The van der Waals surface area contributed by atoms with Crippen LogP contribution in [0.2, 0.25) is 0 Å². The minimum atomic E-state index is -0.993. The number of carbonyl (C=O) groups excluding carboxylic acids is 1. The smallest absolute Gasteiger partial charge is 0.326 e. The minimum absolute atomic E-state index is 0.347. The molecule has 0 bridgehead atoms. The molecule has 21 heavy (non-hydrogen) atoms. The Balaban J connectivity index is 2.06. The summed E-state index contributed by atoms with van der Waals surface area (Å²) in [4.78, 5) is 25.2. The van der Waals surface area contributed by atoms with E-state index in [1.54, 1.807) is 24.3 Å². The molecule has 2 aromatic rings. The third-order valence-corrected chi connectivity index (χ3v) is 3.90. The maximum Gasteiger partial charge on any atom is 0.326 e. The normalized spacial score (nSPS) is 18.1. The van der Waals surface area contributed by atoms with Crippen LogP contribution in [0.3, 0.4) is 0 Å². The van der Waals surface area contributed by atoms with Crippen LogP contribution in [0.15, 0.2) is 36.4 Å². The van der Waals surface area contributed by atoms with Crippen molar-refractivity contribution in [3.8, 4) is 0 Å². The summed E-state index contributed by atoms with van der Waals surface area (Å²) in [5.74, 6) is -1.73. The number of halogens is 1. The van der Waals surface area contributed by atoms with Crippen LogP contribution in [0, 0.1) is 5.82 Å². The first kappa shape index (κ1) is 13.5. The van der Waals surface area contributed by atoms with Gasteiger partial charge in [-0.15, -0.1) is 0 Å². The van der Waals surface area contributed by atoms with Crippen molar-refractivity contribution in [1.82, 2.24) is 4.90 Å². The van der Waals surface area contributed by atoms with Gasteiger partial charge in [-0.3, -0.25) is 4.79 Å². The molecule has 1 aliphatic rings. The van der Waals surface area contributed by atoms with E-state index in [4.69, 9.17) is 0 Å². The molecule has 1 heterocycles. The fourth-order valence-electron chi connectivity index (χ4n) is 2.87. The molecule has 1 atom stereocenters. The maximum absolute atomic E-state index is 13.8. The van der Waals surface area contributed by atoms with Gasteiger partial charge < -0.3 is 10.0 Å². The van der Waals surface area contributed by atoms with E-state index >= 15 is 0 Å². The predicted octanol–water partition coefficient (Wildman–Crippen LogP) is 2.67. The second-order valence-corrected chi connectivity index (χ2v) is 5.14. The van der Waals surface area contributed by atoms with Crippen molar-refractivity contribution in [3.05, 3.63) is 47.8 Å². The Morgan fingerprint density at radius 2 is 1.86 bits per heavy atom. The van der Waals surface area contributed by atoms with Crippen LogP contribution in [0.4, 0.5) is 4.39 Å². The van der Waals surface area contributed by atoms with E-state index in [9.17, 15) is 19.1 Å². The first-order valence-electron chi connectivity index (χ1n) is 6.80. The van der Waals surface area contributed by atoms with Crippen LogP contribution >= 0.6 is 0 Å². The minimum Gasteiger partial charge on any atom is -0.480 e. The van der Waals surface area contributed by atoms with Gasteiger partial charge in [0.15, 0.2) is 0 Å². The molecule has 2 aromatic carbocycles. The van der Waals surface area contributed by atoms with Crippen molar-refractivity contribution in [1.29, 1.82) is 0 Å². The number of nitrogens with zero attached hydrogens (tertiary/aromatic N) is 1. The average Bonchev–Trinajstić information content (AvgIpc) is 2.97. The number of amides is 1. The van der Waals surface area contributed by atoms with Gasteiger partial charge in [-0.05, 0) is 30.4 Å². The summed E-state index contributed by atoms with van der Waals surface area (Å²) in [5, 5.41) is 10.1. The molecule has 3 rings (SSSR count). The highest BCUT2D eigenvalue weighted by Crippen LogP contribution is 2.26. The van der Waals surface area contributed by atoms with E-state index in [1.807, 2.05) is 0 Å². The zero-order valence-electron chi connectivity index (χ0n) is 11.3. The Bertz CT molecular complexity index is 729. The standard InChI is InChI=1S/C16H14FNO3/c17-13-8-7-12(10-4-1-2-5-11(10)13)15(19)18-9-3-6-14(18)16(20)21/h1-2,4-5,7-8,14H,3,6,9H2,(H,20,21)/t14-/m1/s1. The predicted molar refractivity (Wildman–Crippen MR) is 75.6 cm³/mol. The fourth-order valence-corrected chi connectivity index (χ4v) is 2.87. The van der Waals surface area contributed by atoms with E-state index in [-0.39, 0.29) is 5.91 Å². The van der Waals surface area contributed by atoms with Crippen molar-refractivity contribution in [3.63, 3.8) is 0 Å². The molecular weight excluding hydrogens is 273 g/mol. The Morgan fingerprint density at radius 3 is 2.57 bits per heavy atom. The molecule has 1 amide bonds. The second-order valence-electron chi connectivity index (χ2n) is 5.14. The van der Waals surface area contributed by atoms with E-state index in [0.717, 1.165) is 0 Å². The summed E-state index contributed by atoms with van der Waals surface area (Å²) in [6.07, 6.45) is 1.13. The molecule has 1 N–H and O–H groups in total. The van der Waals surface area contributed by atoms with E-state index in [0.29, 0.717) is 35.7 Å². The van der Waals surface area contributed by atoms with E-state index in [2.05, 4.69) is 0 Å². The van der Waals surface area contributed by atoms with Gasteiger partial charge in [0, 0.05) is 17.5 Å². The van der Waals surface area contributed by atoms with Gasteiger partial charge >= 0.3 is 5.97 Å². The van der Waals surface area contributed by atoms with Crippen molar-refractivity contribution < 1.29 is 19.1 Å². The average molecular weight is 287 g/mol. The molecular formula is C16H14FNO3. The number of carbonyl (C=O) groups is 2. The van der Waals surface area contributed by atoms with Gasteiger partial charge in [0.1, 0.15) is 11.9 Å². The van der Waals surface area contributed by atoms with Gasteiger partial charge in [0.25, 0.3) is 5.91 Å². The molecule has 5 heteroatoms. The number of aliphatic carboxylic acids is 1. The number of rotatable bonds is 2. The third kappa shape index (κ3) is 2.24. The molecule has 108 valence electrons. The van der Waals surface area contributed by atoms with Crippen molar-refractivity contribution in [2.24, 2.45) is 0 Å². The lowest BCUT2D eigenvalue weighted by Gasteiger charge is -2.22.